The molecule has 28 heavy (non-hydrogen) atoms. The predicted octanol–water partition coefficient (Wildman–Crippen LogP) is 4.34. The van der Waals surface area contributed by atoms with Gasteiger partial charge in [-0.2, -0.15) is 0 Å². The van der Waals surface area contributed by atoms with Crippen LogP contribution < -0.4 is 19.7 Å². The van der Waals surface area contributed by atoms with Gasteiger partial charge in [0, 0.05) is 36.3 Å². The van der Waals surface area contributed by atoms with E-state index in [2.05, 4.69) is 5.32 Å². The average molecular weight is 405 g/mol. The number of aryl methyl sites for hydroxylation is 1. The van der Waals surface area contributed by atoms with Gasteiger partial charge in [-0.25, -0.2) is 4.39 Å². The molecule has 2 aliphatic heterocycles. The lowest BCUT2D eigenvalue weighted by atomic mass is 9.97. The fourth-order valence-electron chi connectivity index (χ4n) is 3.77. The second kappa shape index (κ2) is 7.87. The van der Waals surface area contributed by atoms with Crippen molar-refractivity contribution in [1.82, 2.24) is 0 Å². The maximum Gasteiger partial charge on any atom is 0.243 e. The third-order valence-corrected chi connectivity index (χ3v) is 5.36. The smallest absolute Gasteiger partial charge is 0.243 e. The number of benzene rings is 2. The number of anilines is 2. The number of rotatable bonds is 3. The Labute approximate surface area is 168 Å². The Morgan fingerprint density at radius 2 is 1.96 bits per heavy atom. The van der Waals surface area contributed by atoms with Crippen molar-refractivity contribution in [2.75, 3.05) is 36.5 Å². The van der Waals surface area contributed by atoms with Crippen molar-refractivity contribution in [1.29, 1.82) is 0 Å². The average Bonchev–Trinajstić information content (AvgIpc) is 2.90. The quantitative estimate of drug-likeness (QED) is 0.826. The molecule has 0 saturated heterocycles. The van der Waals surface area contributed by atoms with E-state index in [4.69, 9.17) is 21.1 Å². The first-order valence-electron chi connectivity index (χ1n) is 9.45. The molecule has 0 saturated carbocycles. The first-order valence-corrected chi connectivity index (χ1v) is 9.82. The van der Waals surface area contributed by atoms with Gasteiger partial charge in [-0.05, 0) is 31.4 Å². The van der Waals surface area contributed by atoms with Gasteiger partial charge in [0.05, 0.1) is 30.5 Å². The molecule has 2 aromatic carbocycles. The van der Waals surface area contributed by atoms with Crippen LogP contribution in [0.5, 0.6) is 11.5 Å². The highest BCUT2D eigenvalue weighted by atomic mass is 35.5. The Bertz CT molecular complexity index is 919. The summed E-state index contributed by atoms with van der Waals surface area (Å²) in [5.74, 6) is 0.722. The molecule has 1 N–H and O–H groups in total. The fourth-order valence-corrected chi connectivity index (χ4v) is 3.97. The van der Waals surface area contributed by atoms with Gasteiger partial charge in [0.25, 0.3) is 0 Å². The van der Waals surface area contributed by atoms with Crippen LogP contribution >= 0.6 is 11.6 Å². The minimum atomic E-state index is -0.215. The van der Waals surface area contributed by atoms with Crippen LogP contribution in [-0.2, 0) is 11.2 Å². The molecule has 4 rings (SSSR count). The van der Waals surface area contributed by atoms with Crippen LogP contribution in [0.3, 0.4) is 0 Å². The molecule has 5 nitrogen and oxygen atoms in total. The highest BCUT2D eigenvalue weighted by Crippen LogP contribution is 2.38. The Morgan fingerprint density at radius 3 is 2.75 bits per heavy atom. The van der Waals surface area contributed by atoms with E-state index in [9.17, 15) is 9.18 Å². The molecule has 0 fully saturated rings. The van der Waals surface area contributed by atoms with Crippen LogP contribution in [0.2, 0.25) is 5.02 Å². The minimum absolute atomic E-state index is 0.127. The summed E-state index contributed by atoms with van der Waals surface area (Å²) in [6.07, 6.45) is 2.29. The third-order valence-electron chi connectivity index (χ3n) is 5.04. The third kappa shape index (κ3) is 3.74. The highest BCUT2D eigenvalue weighted by Gasteiger charge is 2.24. The Morgan fingerprint density at radius 1 is 1.21 bits per heavy atom. The summed E-state index contributed by atoms with van der Waals surface area (Å²) in [6, 6.07) is 6.60. The molecule has 1 amide bonds. The van der Waals surface area contributed by atoms with Gasteiger partial charge in [0.2, 0.25) is 5.91 Å². The number of nitrogens with one attached hydrogen (secondary N) is 1. The molecule has 0 bridgehead atoms. The maximum atomic E-state index is 14.2. The first kappa shape index (κ1) is 18.9. The second-order valence-corrected chi connectivity index (χ2v) is 7.50. The summed E-state index contributed by atoms with van der Waals surface area (Å²) in [4.78, 5) is 14.6. The van der Waals surface area contributed by atoms with Gasteiger partial charge < -0.3 is 19.7 Å². The van der Waals surface area contributed by atoms with Crippen LogP contribution in [0.1, 0.15) is 24.0 Å². The lowest BCUT2D eigenvalue weighted by Crippen LogP contribution is -2.37. The van der Waals surface area contributed by atoms with E-state index in [1.54, 1.807) is 18.2 Å². The molecule has 148 valence electrons. The van der Waals surface area contributed by atoms with E-state index < -0.39 is 0 Å². The second-order valence-electron chi connectivity index (χ2n) is 7.09. The number of ether oxygens (including phenoxy) is 2. The molecule has 0 aliphatic carbocycles. The number of nitrogens with zero attached hydrogens (tertiary/aromatic N) is 1. The maximum absolute atomic E-state index is 14.2. The van der Waals surface area contributed by atoms with Crippen molar-refractivity contribution in [3.05, 3.63) is 46.2 Å². The normalized spacial score (nSPS) is 15.6. The number of hydrogen-bond acceptors (Lipinski definition) is 4. The topological polar surface area (TPSA) is 50.8 Å². The Kier molecular flexibility index (Phi) is 5.31. The van der Waals surface area contributed by atoms with Crippen molar-refractivity contribution in [3.8, 4) is 11.5 Å². The van der Waals surface area contributed by atoms with Gasteiger partial charge in [-0.15, -0.1) is 0 Å². The molecular weight excluding hydrogens is 383 g/mol. The molecule has 2 heterocycles. The number of hydrogen-bond donors (Lipinski definition) is 1. The molecule has 0 aromatic heterocycles. The number of fused-ring (bicyclic) bond motifs is 2. The van der Waals surface area contributed by atoms with Gasteiger partial charge in [0.1, 0.15) is 5.82 Å². The molecular formula is C21H22ClFN2O3. The monoisotopic (exact) mass is 404 g/mol. The molecule has 0 spiro atoms. The van der Waals surface area contributed by atoms with Crippen molar-refractivity contribution in [3.63, 3.8) is 0 Å². The summed E-state index contributed by atoms with van der Waals surface area (Å²) >= 11 is 6.31. The van der Waals surface area contributed by atoms with Gasteiger partial charge in [-0.1, -0.05) is 17.7 Å². The lowest BCUT2D eigenvalue weighted by molar-refractivity contribution is -0.115. The van der Waals surface area contributed by atoms with E-state index in [0.29, 0.717) is 54.0 Å². The van der Waals surface area contributed by atoms with Gasteiger partial charge >= 0.3 is 0 Å². The number of carbonyl (C=O) groups excluding carboxylic acids is 1. The van der Waals surface area contributed by atoms with Crippen LogP contribution in [-0.4, -0.2) is 32.2 Å². The van der Waals surface area contributed by atoms with Crippen LogP contribution in [0.15, 0.2) is 24.3 Å². The zero-order chi connectivity index (χ0) is 19.7. The van der Waals surface area contributed by atoms with Crippen LogP contribution in [0.4, 0.5) is 15.8 Å². The van der Waals surface area contributed by atoms with Gasteiger partial charge in [-0.3, -0.25) is 4.79 Å². The van der Waals surface area contributed by atoms with Crippen molar-refractivity contribution in [2.24, 2.45) is 0 Å². The minimum Gasteiger partial charge on any atom is -0.490 e. The molecule has 0 radical (unpaired) electrons. The zero-order valence-corrected chi connectivity index (χ0v) is 16.4. The zero-order valence-electron chi connectivity index (χ0n) is 15.7. The standard InChI is InChI=1S/C21H22ClFN2O3/c1-13-5-6-16(23)14-4-2-7-25(21(13)14)12-20(26)24-17-11-19-18(10-15(17)22)27-8-3-9-28-19/h5-6,10-11H,2-4,7-9,12H2,1H3,(H,24,26). The van der Waals surface area contributed by atoms with Crippen LogP contribution in [0.25, 0.3) is 0 Å². The van der Waals surface area contributed by atoms with E-state index in [-0.39, 0.29) is 18.3 Å². The van der Waals surface area contributed by atoms with Crippen molar-refractivity contribution >= 4 is 28.9 Å². The largest absolute Gasteiger partial charge is 0.490 e. The molecule has 2 aromatic rings. The summed E-state index contributed by atoms with van der Waals surface area (Å²) < 4.78 is 25.5. The Balaban J connectivity index is 1.52. The van der Waals surface area contributed by atoms with E-state index in [1.165, 1.54) is 6.07 Å². The Hall–Kier alpha value is -2.47. The highest BCUT2D eigenvalue weighted by molar-refractivity contribution is 6.34. The predicted molar refractivity (Wildman–Crippen MR) is 107 cm³/mol. The number of carbonyl (C=O) groups is 1. The summed E-state index contributed by atoms with van der Waals surface area (Å²) in [5.41, 5.74) is 2.96. The fraction of sp³-hybridized carbons (Fsp3) is 0.381. The summed E-state index contributed by atoms with van der Waals surface area (Å²) in [6.45, 7) is 3.90. The van der Waals surface area contributed by atoms with Crippen LogP contribution in [0, 0.1) is 12.7 Å². The summed E-state index contributed by atoms with van der Waals surface area (Å²) in [5, 5.41) is 3.24. The van der Waals surface area contributed by atoms with E-state index in [1.807, 2.05) is 11.8 Å². The SMILES string of the molecule is Cc1ccc(F)c2c1N(CC(=O)Nc1cc3c(cc1Cl)OCCCO3)CCC2. The first-order chi connectivity index (χ1) is 13.5. The van der Waals surface area contributed by atoms with Crippen molar-refractivity contribution < 1.29 is 18.7 Å². The number of halogens is 2. The molecule has 2 aliphatic rings. The molecule has 7 heteroatoms. The van der Waals surface area contributed by atoms with Crippen molar-refractivity contribution in [2.45, 2.75) is 26.2 Å². The molecule has 0 unspecified atom stereocenters. The lowest BCUT2D eigenvalue weighted by Gasteiger charge is -2.32. The number of amides is 1. The molecule has 0 atom stereocenters. The summed E-state index contributed by atoms with van der Waals surface area (Å²) in [7, 11) is 0. The van der Waals surface area contributed by atoms with E-state index in [0.717, 1.165) is 24.1 Å². The van der Waals surface area contributed by atoms with Gasteiger partial charge in [0.15, 0.2) is 11.5 Å². The van der Waals surface area contributed by atoms with E-state index >= 15 is 0 Å².